The molecule has 1 heterocycles. The minimum Gasteiger partial charge on any atom is -0.301 e. The molecule has 0 amide bonds. The lowest BCUT2D eigenvalue weighted by molar-refractivity contribution is 0.148. The average molecular weight is 230 g/mol. The molecule has 0 radical (unpaired) electrons. The van der Waals surface area contributed by atoms with Crippen molar-refractivity contribution in [2.24, 2.45) is 0 Å². The standard InChI is InChI=1S/C15H22N2/c1-2-16-11-13-17(14-12-16)10-6-9-15-7-4-3-5-8-15/h3-9H,2,10-14H2,1H3/b9-6+. The van der Waals surface area contributed by atoms with E-state index in [1.54, 1.807) is 0 Å². The largest absolute Gasteiger partial charge is 0.301 e. The lowest BCUT2D eigenvalue weighted by Gasteiger charge is -2.33. The number of rotatable bonds is 4. The summed E-state index contributed by atoms with van der Waals surface area (Å²) in [6.45, 7) is 9.34. The zero-order chi connectivity index (χ0) is 11.9. The summed E-state index contributed by atoms with van der Waals surface area (Å²) in [6.07, 6.45) is 4.49. The maximum absolute atomic E-state index is 2.52. The summed E-state index contributed by atoms with van der Waals surface area (Å²) in [6, 6.07) is 10.5. The van der Waals surface area contributed by atoms with Crippen molar-refractivity contribution in [1.82, 2.24) is 9.80 Å². The van der Waals surface area contributed by atoms with Gasteiger partial charge in [-0.1, -0.05) is 49.4 Å². The highest BCUT2D eigenvalue weighted by molar-refractivity contribution is 5.48. The molecular weight excluding hydrogens is 208 g/mol. The SMILES string of the molecule is CCN1CCN(C/C=C/c2ccccc2)CC1. The van der Waals surface area contributed by atoms with Crippen molar-refractivity contribution in [1.29, 1.82) is 0 Å². The van der Waals surface area contributed by atoms with Crippen molar-refractivity contribution >= 4 is 6.08 Å². The zero-order valence-corrected chi connectivity index (χ0v) is 10.7. The molecule has 0 aromatic heterocycles. The Morgan fingerprint density at radius 1 is 1.00 bits per heavy atom. The summed E-state index contributed by atoms with van der Waals surface area (Å²) < 4.78 is 0. The van der Waals surface area contributed by atoms with E-state index in [4.69, 9.17) is 0 Å². The van der Waals surface area contributed by atoms with Crippen LogP contribution in [0.3, 0.4) is 0 Å². The molecule has 2 heteroatoms. The Morgan fingerprint density at radius 3 is 2.29 bits per heavy atom. The molecule has 92 valence electrons. The summed E-state index contributed by atoms with van der Waals surface area (Å²) in [5, 5.41) is 0. The third-order valence-corrected chi connectivity index (χ3v) is 3.39. The smallest absolute Gasteiger partial charge is 0.0167 e. The van der Waals surface area contributed by atoms with Crippen molar-refractivity contribution in [3.8, 4) is 0 Å². The molecule has 1 saturated heterocycles. The minimum absolute atomic E-state index is 1.08. The summed E-state index contributed by atoms with van der Waals surface area (Å²) in [4.78, 5) is 5.03. The summed E-state index contributed by atoms with van der Waals surface area (Å²) in [7, 11) is 0. The monoisotopic (exact) mass is 230 g/mol. The maximum atomic E-state index is 2.52. The normalized spacial score (nSPS) is 18.9. The quantitative estimate of drug-likeness (QED) is 0.783. The summed E-state index contributed by atoms with van der Waals surface area (Å²) >= 11 is 0. The number of likely N-dealkylation sites (N-methyl/N-ethyl adjacent to an activating group) is 1. The van der Waals surface area contributed by atoms with E-state index >= 15 is 0 Å². The number of hydrogen-bond donors (Lipinski definition) is 0. The van der Waals surface area contributed by atoms with Crippen molar-refractivity contribution in [2.75, 3.05) is 39.3 Å². The number of benzene rings is 1. The van der Waals surface area contributed by atoms with Crippen LogP contribution in [-0.4, -0.2) is 49.1 Å². The van der Waals surface area contributed by atoms with Crippen molar-refractivity contribution < 1.29 is 0 Å². The minimum atomic E-state index is 1.08. The molecule has 0 unspecified atom stereocenters. The predicted octanol–water partition coefficient (Wildman–Crippen LogP) is 2.34. The van der Waals surface area contributed by atoms with Gasteiger partial charge in [-0.25, -0.2) is 0 Å². The van der Waals surface area contributed by atoms with Gasteiger partial charge >= 0.3 is 0 Å². The van der Waals surface area contributed by atoms with E-state index in [1.165, 1.54) is 38.3 Å². The molecule has 1 aliphatic rings. The fourth-order valence-electron chi connectivity index (χ4n) is 2.19. The van der Waals surface area contributed by atoms with Crippen molar-refractivity contribution in [2.45, 2.75) is 6.92 Å². The molecule has 17 heavy (non-hydrogen) atoms. The molecule has 0 bridgehead atoms. The van der Waals surface area contributed by atoms with Crippen molar-refractivity contribution in [3.05, 3.63) is 42.0 Å². The number of hydrogen-bond acceptors (Lipinski definition) is 2. The molecule has 1 aromatic carbocycles. The molecular formula is C15H22N2. The molecule has 2 nitrogen and oxygen atoms in total. The molecule has 1 aromatic rings. The molecule has 2 rings (SSSR count). The van der Waals surface area contributed by atoms with Crippen LogP contribution in [0.5, 0.6) is 0 Å². The predicted molar refractivity (Wildman–Crippen MR) is 74.0 cm³/mol. The van der Waals surface area contributed by atoms with Crippen molar-refractivity contribution in [3.63, 3.8) is 0 Å². The van der Waals surface area contributed by atoms with Crippen LogP contribution in [-0.2, 0) is 0 Å². The first-order chi connectivity index (χ1) is 8.38. The van der Waals surface area contributed by atoms with Gasteiger partial charge < -0.3 is 4.90 Å². The van der Waals surface area contributed by atoms with Crippen LogP contribution in [0, 0.1) is 0 Å². The molecule has 0 atom stereocenters. The summed E-state index contributed by atoms with van der Waals surface area (Å²) in [5.74, 6) is 0. The van der Waals surface area contributed by atoms with Gasteiger partial charge in [0.2, 0.25) is 0 Å². The Balaban J connectivity index is 1.74. The van der Waals surface area contributed by atoms with Crippen LogP contribution in [0.2, 0.25) is 0 Å². The average Bonchev–Trinajstić information content (AvgIpc) is 2.41. The van der Waals surface area contributed by atoms with E-state index in [2.05, 4.69) is 59.2 Å². The van der Waals surface area contributed by atoms with Gasteiger partial charge in [0.25, 0.3) is 0 Å². The van der Waals surface area contributed by atoms with Gasteiger partial charge in [-0.05, 0) is 12.1 Å². The van der Waals surface area contributed by atoms with E-state index in [1.807, 2.05) is 0 Å². The molecule has 0 N–H and O–H groups in total. The van der Waals surface area contributed by atoms with Gasteiger partial charge in [-0.3, -0.25) is 4.90 Å². The van der Waals surface area contributed by atoms with E-state index in [0.29, 0.717) is 0 Å². The van der Waals surface area contributed by atoms with Gasteiger partial charge in [0.05, 0.1) is 0 Å². The second-order valence-corrected chi connectivity index (χ2v) is 4.55. The van der Waals surface area contributed by atoms with Gasteiger partial charge in [0.1, 0.15) is 0 Å². The van der Waals surface area contributed by atoms with E-state index < -0.39 is 0 Å². The van der Waals surface area contributed by atoms with Gasteiger partial charge in [-0.15, -0.1) is 0 Å². The number of piperazine rings is 1. The van der Waals surface area contributed by atoms with E-state index in [-0.39, 0.29) is 0 Å². The maximum Gasteiger partial charge on any atom is 0.0167 e. The summed E-state index contributed by atoms with van der Waals surface area (Å²) in [5.41, 5.74) is 1.29. The van der Waals surface area contributed by atoms with Gasteiger partial charge in [0, 0.05) is 32.7 Å². The topological polar surface area (TPSA) is 6.48 Å². The lowest BCUT2D eigenvalue weighted by Crippen LogP contribution is -2.45. The Morgan fingerprint density at radius 2 is 1.65 bits per heavy atom. The first-order valence-corrected chi connectivity index (χ1v) is 6.55. The third kappa shape index (κ3) is 3.99. The first kappa shape index (κ1) is 12.3. The van der Waals surface area contributed by atoms with Crippen LogP contribution in [0.4, 0.5) is 0 Å². The third-order valence-electron chi connectivity index (χ3n) is 3.39. The lowest BCUT2D eigenvalue weighted by atomic mass is 10.2. The Kier molecular flexibility index (Phi) is 4.77. The van der Waals surface area contributed by atoms with Crippen LogP contribution in [0.1, 0.15) is 12.5 Å². The second-order valence-electron chi connectivity index (χ2n) is 4.55. The Bertz CT molecular complexity index is 337. The van der Waals surface area contributed by atoms with Crippen LogP contribution in [0.15, 0.2) is 36.4 Å². The highest BCUT2D eigenvalue weighted by atomic mass is 15.2. The fourth-order valence-corrected chi connectivity index (χ4v) is 2.19. The van der Waals surface area contributed by atoms with Gasteiger partial charge in [-0.2, -0.15) is 0 Å². The molecule has 1 aliphatic heterocycles. The second kappa shape index (κ2) is 6.58. The van der Waals surface area contributed by atoms with E-state index in [0.717, 1.165) is 6.54 Å². The first-order valence-electron chi connectivity index (χ1n) is 6.55. The van der Waals surface area contributed by atoms with E-state index in [9.17, 15) is 0 Å². The highest BCUT2D eigenvalue weighted by Crippen LogP contribution is 2.04. The molecule has 0 saturated carbocycles. The highest BCUT2D eigenvalue weighted by Gasteiger charge is 2.13. The van der Waals surface area contributed by atoms with Crippen LogP contribution in [0.25, 0.3) is 6.08 Å². The van der Waals surface area contributed by atoms with Crippen LogP contribution >= 0.6 is 0 Å². The Labute approximate surface area is 105 Å². The number of nitrogens with zero attached hydrogens (tertiary/aromatic N) is 2. The molecule has 0 spiro atoms. The Hall–Kier alpha value is -1.12. The zero-order valence-electron chi connectivity index (χ0n) is 10.7. The molecule has 1 fully saturated rings. The fraction of sp³-hybridized carbons (Fsp3) is 0.467. The van der Waals surface area contributed by atoms with Crippen LogP contribution < -0.4 is 0 Å². The molecule has 0 aliphatic carbocycles. The van der Waals surface area contributed by atoms with Gasteiger partial charge in [0.15, 0.2) is 0 Å².